The van der Waals surface area contributed by atoms with Crippen molar-refractivity contribution in [2.24, 2.45) is 0 Å². The van der Waals surface area contributed by atoms with Gasteiger partial charge in [-0.05, 0) is 37.9 Å². The molecule has 0 bridgehead atoms. The van der Waals surface area contributed by atoms with Gasteiger partial charge in [-0.3, -0.25) is 9.69 Å². The fourth-order valence-electron chi connectivity index (χ4n) is 2.25. The van der Waals surface area contributed by atoms with Crippen LogP contribution in [-0.2, 0) is 4.79 Å². The molecular weight excluding hydrogens is 280 g/mol. The van der Waals surface area contributed by atoms with Gasteiger partial charge >= 0.3 is 0 Å². The quantitative estimate of drug-likeness (QED) is 0.884. The Kier molecular flexibility index (Phi) is 5.53. The van der Waals surface area contributed by atoms with Crippen LogP contribution < -0.4 is 5.32 Å². The third kappa shape index (κ3) is 4.41. The number of rotatable bonds is 6. The summed E-state index contributed by atoms with van der Waals surface area (Å²) in [6, 6.07) is 14.6. The fourth-order valence-corrected chi connectivity index (χ4v) is 2.98. The van der Waals surface area contributed by atoms with Crippen molar-refractivity contribution in [2.75, 3.05) is 13.6 Å². The molecule has 1 heterocycles. The lowest BCUT2D eigenvalue weighted by Crippen LogP contribution is -2.37. The van der Waals surface area contributed by atoms with E-state index >= 15 is 0 Å². The molecule has 21 heavy (non-hydrogen) atoms. The Morgan fingerprint density at radius 3 is 2.52 bits per heavy atom. The molecule has 1 N–H and O–H groups in total. The average molecular weight is 302 g/mol. The van der Waals surface area contributed by atoms with E-state index in [1.165, 1.54) is 10.4 Å². The number of hydrogen-bond donors (Lipinski definition) is 1. The van der Waals surface area contributed by atoms with Crippen molar-refractivity contribution < 1.29 is 4.79 Å². The Bertz CT molecular complexity index is 553. The standard InChI is InChI=1S/C17H22N2OS/c1-13(16-10-7-11-21-16)18-17(20)12-19(3)14(2)15-8-5-4-6-9-15/h4-11,13-14H,12H2,1-3H3,(H,18,20)/t13-,14-/m1/s1. The molecule has 0 aliphatic rings. The first-order valence-electron chi connectivity index (χ1n) is 7.16. The van der Waals surface area contributed by atoms with E-state index < -0.39 is 0 Å². The van der Waals surface area contributed by atoms with E-state index in [4.69, 9.17) is 0 Å². The van der Waals surface area contributed by atoms with Crippen LogP contribution >= 0.6 is 11.3 Å². The van der Waals surface area contributed by atoms with Crippen molar-refractivity contribution in [2.45, 2.75) is 25.9 Å². The normalized spacial score (nSPS) is 13.9. The highest BCUT2D eigenvalue weighted by molar-refractivity contribution is 7.10. The number of carbonyl (C=O) groups is 1. The van der Waals surface area contributed by atoms with E-state index in [-0.39, 0.29) is 18.0 Å². The molecule has 0 radical (unpaired) electrons. The van der Waals surface area contributed by atoms with Crippen molar-refractivity contribution in [3.05, 3.63) is 58.3 Å². The molecule has 2 rings (SSSR count). The second-order valence-electron chi connectivity index (χ2n) is 5.31. The van der Waals surface area contributed by atoms with Crippen LogP contribution in [-0.4, -0.2) is 24.4 Å². The molecule has 1 amide bonds. The molecule has 3 nitrogen and oxygen atoms in total. The Hall–Kier alpha value is -1.65. The summed E-state index contributed by atoms with van der Waals surface area (Å²) in [5.74, 6) is 0.0566. The van der Waals surface area contributed by atoms with Crippen LogP contribution in [0.5, 0.6) is 0 Å². The molecule has 0 spiro atoms. The molecule has 0 aliphatic carbocycles. The van der Waals surface area contributed by atoms with Crippen LogP contribution in [0.2, 0.25) is 0 Å². The number of nitrogens with one attached hydrogen (secondary N) is 1. The number of hydrogen-bond acceptors (Lipinski definition) is 3. The van der Waals surface area contributed by atoms with Gasteiger partial charge in [0.15, 0.2) is 0 Å². The highest BCUT2D eigenvalue weighted by Crippen LogP contribution is 2.19. The molecule has 0 aliphatic heterocycles. The molecule has 112 valence electrons. The molecular formula is C17H22N2OS. The second kappa shape index (κ2) is 7.38. The van der Waals surface area contributed by atoms with Gasteiger partial charge in [0.2, 0.25) is 5.91 Å². The van der Waals surface area contributed by atoms with Crippen LogP contribution in [0.1, 0.15) is 36.4 Å². The first-order chi connectivity index (χ1) is 10.1. The number of thiophene rings is 1. The summed E-state index contributed by atoms with van der Waals surface area (Å²) in [4.78, 5) is 15.4. The largest absolute Gasteiger partial charge is 0.348 e. The van der Waals surface area contributed by atoms with Crippen LogP contribution in [0.25, 0.3) is 0 Å². The molecule has 1 aromatic carbocycles. The van der Waals surface area contributed by atoms with E-state index in [1.807, 2.05) is 49.7 Å². The predicted octanol–water partition coefficient (Wildman–Crippen LogP) is 3.62. The lowest BCUT2D eigenvalue weighted by Gasteiger charge is -2.25. The van der Waals surface area contributed by atoms with Gasteiger partial charge < -0.3 is 5.32 Å². The molecule has 4 heteroatoms. The molecule has 0 saturated carbocycles. The summed E-state index contributed by atoms with van der Waals surface area (Å²) in [6.45, 7) is 4.53. The number of nitrogens with zero attached hydrogens (tertiary/aromatic N) is 1. The third-order valence-corrected chi connectivity index (χ3v) is 4.74. The number of amides is 1. The summed E-state index contributed by atoms with van der Waals surface area (Å²) in [5.41, 5.74) is 1.22. The number of likely N-dealkylation sites (N-methyl/N-ethyl adjacent to an activating group) is 1. The topological polar surface area (TPSA) is 32.3 Å². The van der Waals surface area contributed by atoms with Gasteiger partial charge in [0.25, 0.3) is 0 Å². The van der Waals surface area contributed by atoms with Crippen molar-refractivity contribution in [3.8, 4) is 0 Å². The lowest BCUT2D eigenvalue weighted by atomic mass is 10.1. The van der Waals surface area contributed by atoms with E-state index in [0.717, 1.165) is 0 Å². The highest BCUT2D eigenvalue weighted by Gasteiger charge is 2.16. The van der Waals surface area contributed by atoms with Crippen molar-refractivity contribution in [3.63, 3.8) is 0 Å². The van der Waals surface area contributed by atoms with Crippen molar-refractivity contribution >= 4 is 17.2 Å². The zero-order valence-corrected chi connectivity index (χ0v) is 13.6. The SMILES string of the molecule is C[C@H](c1ccccc1)N(C)CC(=O)N[C@H](C)c1cccs1. The van der Waals surface area contributed by atoms with E-state index in [1.54, 1.807) is 11.3 Å². The van der Waals surface area contributed by atoms with Gasteiger partial charge in [-0.1, -0.05) is 36.4 Å². The molecule has 0 saturated heterocycles. The third-order valence-electron chi connectivity index (χ3n) is 3.68. The summed E-state index contributed by atoms with van der Waals surface area (Å²) < 4.78 is 0. The Morgan fingerprint density at radius 1 is 1.19 bits per heavy atom. The maximum absolute atomic E-state index is 12.1. The maximum atomic E-state index is 12.1. The summed E-state index contributed by atoms with van der Waals surface area (Å²) in [6.07, 6.45) is 0. The van der Waals surface area contributed by atoms with E-state index in [0.29, 0.717) is 6.54 Å². The van der Waals surface area contributed by atoms with E-state index in [9.17, 15) is 4.79 Å². The van der Waals surface area contributed by atoms with Gasteiger partial charge in [-0.25, -0.2) is 0 Å². The van der Waals surface area contributed by atoms with Gasteiger partial charge in [-0.15, -0.1) is 11.3 Å². The van der Waals surface area contributed by atoms with Gasteiger partial charge in [-0.2, -0.15) is 0 Å². The lowest BCUT2D eigenvalue weighted by molar-refractivity contribution is -0.123. The van der Waals surface area contributed by atoms with Crippen LogP contribution in [0.4, 0.5) is 0 Å². The molecule has 0 unspecified atom stereocenters. The van der Waals surface area contributed by atoms with Crippen LogP contribution in [0.3, 0.4) is 0 Å². The second-order valence-corrected chi connectivity index (χ2v) is 6.29. The van der Waals surface area contributed by atoms with Crippen LogP contribution in [0.15, 0.2) is 47.8 Å². The Morgan fingerprint density at radius 2 is 1.90 bits per heavy atom. The first kappa shape index (κ1) is 15.7. The minimum atomic E-state index is 0.0566. The minimum absolute atomic E-state index is 0.0566. The highest BCUT2D eigenvalue weighted by atomic mass is 32.1. The number of carbonyl (C=O) groups excluding carboxylic acids is 1. The van der Waals surface area contributed by atoms with Gasteiger partial charge in [0.1, 0.15) is 0 Å². The summed E-state index contributed by atoms with van der Waals surface area (Å²) >= 11 is 1.67. The maximum Gasteiger partial charge on any atom is 0.234 e. The zero-order chi connectivity index (χ0) is 15.2. The van der Waals surface area contributed by atoms with Gasteiger partial charge in [0.05, 0.1) is 12.6 Å². The molecule has 1 aromatic heterocycles. The molecule has 2 aromatic rings. The summed E-state index contributed by atoms with van der Waals surface area (Å²) in [5, 5.41) is 5.08. The van der Waals surface area contributed by atoms with Gasteiger partial charge in [0, 0.05) is 10.9 Å². The Balaban J connectivity index is 1.87. The monoisotopic (exact) mass is 302 g/mol. The zero-order valence-electron chi connectivity index (χ0n) is 12.7. The minimum Gasteiger partial charge on any atom is -0.348 e. The average Bonchev–Trinajstić information content (AvgIpc) is 3.01. The predicted molar refractivity (Wildman–Crippen MR) is 88.4 cm³/mol. The van der Waals surface area contributed by atoms with Crippen molar-refractivity contribution in [1.82, 2.24) is 10.2 Å². The summed E-state index contributed by atoms with van der Waals surface area (Å²) in [7, 11) is 1.98. The fraction of sp³-hybridized carbons (Fsp3) is 0.353. The smallest absolute Gasteiger partial charge is 0.234 e. The molecule has 2 atom stereocenters. The van der Waals surface area contributed by atoms with E-state index in [2.05, 4.69) is 29.3 Å². The number of benzene rings is 1. The van der Waals surface area contributed by atoms with Crippen molar-refractivity contribution in [1.29, 1.82) is 0 Å². The van der Waals surface area contributed by atoms with Crippen LogP contribution in [0, 0.1) is 0 Å². The molecule has 0 fully saturated rings. The Labute approximate surface area is 130 Å². The first-order valence-corrected chi connectivity index (χ1v) is 8.04.